The molecule has 0 atom stereocenters. The molecule has 2 rings (SSSR count). The minimum atomic E-state index is -0.229. The van der Waals surface area contributed by atoms with Crippen LogP contribution >= 0.6 is 0 Å². The van der Waals surface area contributed by atoms with E-state index in [9.17, 15) is 4.79 Å². The largest absolute Gasteiger partial charge is 0.355 e. The summed E-state index contributed by atoms with van der Waals surface area (Å²) in [5, 5.41) is 3.04. The number of carbonyl (C=O) groups is 1. The fourth-order valence-corrected chi connectivity index (χ4v) is 3.35. The molecule has 1 aliphatic heterocycles. The SMILES string of the molecule is NC1(CC(=O)NCCN2CCCCC2)CCCCC1. The van der Waals surface area contributed by atoms with Gasteiger partial charge in [0, 0.05) is 25.0 Å². The highest BCUT2D eigenvalue weighted by molar-refractivity contribution is 5.77. The van der Waals surface area contributed by atoms with Gasteiger partial charge in [0.1, 0.15) is 0 Å². The normalized spacial score (nSPS) is 24.1. The van der Waals surface area contributed by atoms with E-state index < -0.39 is 0 Å². The Labute approximate surface area is 117 Å². The third-order valence-electron chi connectivity index (χ3n) is 4.56. The van der Waals surface area contributed by atoms with Crippen molar-refractivity contribution in [2.75, 3.05) is 26.2 Å². The molecule has 1 heterocycles. The highest BCUT2D eigenvalue weighted by atomic mass is 16.1. The molecule has 3 N–H and O–H groups in total. The van der Waals surface area contributed by atoms with E-state index in [2.05, 4.69) is 10.2 Å². The molecule has 0 aromatic carbocycles. The summed E-state index contributed by atoms with van der Waals surface area (Å²) in [6.45, 7) is 4.14. The van der Waals surface area contributed by atoms with Crippen LogP contribution in [-0.4, -0.2) is 42.5 Å². The highest BCUT2D eigenvalue weighted by Gasteiger charge is 2.29. The summed E-state index contributed by atoms with van der Waals surface area (Å²) in [6, 6.07) is 0. The third kappa shape index (κ3) is 5.11. The molecule has 4 heteroatoms. The third-order valence-corrected chi connectivity index (χ3v) is 4.56. The van der Waals surface area contributed by atoms with Crippen molar-refractivity contribution in [2.45, 2.75) is 63.3 Å². The smallest absolute Gasteiger partial charge is 0.221 e. The van der Waals surface area contributed by atoms with Gasteiger partial charge in [-0.2, -0.15) is 0 Å². The van der Waals surface area contributed by atoms with Crippen molar-refractivity contribution in [1.29, 1.82) is 0 Å². The first-order valence-electron chi connectivity index (χ1n) is 7.96. The number of nitrogens with one attached hydrogen (secondary N) is 1. The van der Waals surface area contributed by atoms with Crippen LogP contribution in [0, 0.1) is 0 Å². The standard InChI is InChI=1S/C15H29N3O/c16-15(7-3-1-4-8-15)13-14(19)17-9-12-18-10-5-2-6-11-18/h1-13,16H2,(H,17,19). The summed E-state index contributed by atoms with van der Waals surface area (Å²) in [4.78, 5) is 14.4. The van der Waals surface area contributed by atoms with E-state index in [-0.39, 0.29) is 11.4 Å². The second-order valence-electron chi connectivity index (χ2n) is 6.35. The predicted octanol–water partition coefficient (Wildman–Crippen LogP) is 1.64. The Kier molecular flexibility index (Phi) is 5.64. The maximum Gasteiger partial charge on any atom is 0.221 e. The van der Waals surface area contributed by atoms with Gasteiger partial charge in [-0.05, 0) is 38.8 Å². The average Bonchev–Trinajstić information content (AvgIpc) is 2.40. The molecular weight excluding hydrogens is 238 g/mol. The lowest BCUT2D eigenvalue weighted by Crippen LogP contribution is -2.47. The van der Waals surface area contributed by atoms with Crippen molar-refractivity contribution in [3.05, 3.63) is 0 Å². The molecule has 2 aliphatic rings. The molecule has 2 fully saturated rings. The molecular formula is C15H29N3O. The summed E-state index contributed by atoms with van der Waals surface area (Å²) >= 11 is 0. The van der Waals surface area contributed by atoms with Gasteiger partial charge in [0.25, 0.3) is 0 Å². The molecule has 4 nitrogen and oxygen atoms in total. The van der Waals surface area contributed by atoms with Crippen molar-refractivity contribution >= 4 is 5.91 Å². The summed E-state index contributed by atoms with van der Waals surface area (Å²) in [7, 11) is 0. The van der Waals surface area contributed by atoms with Gasteiger partial charge >= 0.3 is 0 Å². The van der Waals surface area contributed by atoms with E-state index in [0.717, 1.165) is 25.9 Å². The number of hydrogen-bond acceptors (Lipinski definition) is 3. The van der Waals surface area contributed by atoms with Crippen LogP contribution in [0.25, 0.3) is 0 Å². The molecule has 0 aromatic rings. The van der Waals surface area contributed by atoms with E-state index in [1.54, 1.807) is 0 Å². The van der Waals surface area contributed by atoms with Gasteiger partial charge in [0.05, 0.1) is 0 Å². The van der Waals surface area contributed by atoms with Crippen LogP contribution in [0.1, 0.15) is 57.8 Å². The average molecular weight is 267 g/mol. The summed E-state index contributed by atoms with van der Waals surface area (Å²) in [5.74, 6) is 0.140. The number of piperidine rings is 1. The zero-order valence-corrected chi connectivity index (χ0v) is 12.1. The van der Waals surface area contributed by atoms with Crippen LogP contribution in [0.4, 0.5) is 0 Å². The Balaban J connectivity index is 1.61. The van der Waals surface area contributed by atoms with Gasteiger partial charge in [0.2, 0.25) is 5.91 Å². The monoisotopic (exact) mass is 267 g/mol. The number of amides is 1. The zero-order valence-electron chi connectivity index (χ0n) is 12.1. The van der Waals surface area contributed by atoms with Crippen LogP contribution in [0.2, 0.25) is 0 Å². The quantitative estimate of drug-likeness (QED) is 0.796. The first-order valence-corrected chi connectivity index (χ1v) is 7.96. The zero-order chi connectivity index (χ0) is 13.6. The van der Waals surface area contributed by atoms with Crippen LogP contribution in [0.15, 0.2) is 0 Å². The number of carbonyl (C=O) groups excluding carboxylic acids is 1. The van der Waals surface area contributed by atoms with Crippen molar-refractivity contribution in [3.8, 4) is 0 Å². The Morgan fingerprint density at radius 2 is 1.68 bits per heavy atom. The lowest BCUT2D eigenvalue weighted by molar-refractivity contribution is -0.122. The molecule has 1 amide bonds. The van der Waals surface area contributed by atoms with Crippen LogP contribution in [0.5, 0.6) is 0 Å². The fraction of sp³-hybridized carbons (Fsp3) is 0.933. The van der Waals surface area contributed by atoms with Crippen LogP contribution in [0.3, 0.4) is 0 Å². The van der Waals surface area contributed by atoms with Crippen molar-refractivity contribution in [3.63, 3.8) is 0 Å². The van der Waals surface area contributed by atoms with Gasteiger partial charge in [-0.1, -0.05) is 25.7 Å². The van der Waals surface area contributed by atoms with E-state index >= 15 is 0 Å². The highest BCUT2D eigenvalue weighted by Crippen LogP contribution is 2.28. The molecule has 0 unspecified atom stereocenters. The molecule has 1 aliphatic carbocycles. The van der Waals surface area contributed by atoms with Gasteiger partial charge in [-0.3, -0.25) is 4.79 Å². The minimum Gasteiger partial charge on any atom is -0.355 e. The Morgan fingerprint density at radius 1 is 1.05 bits per heavy atom. The summed E-state index contributed by atoms with van der Waals surface area (Å²) in [6.07, 6.45) is 10.1. The number of likely N-dealkylation sites (tertiary alicyclic amines) is 1. The fourth-order valence-electron chi connectivity index (χ4n) is 3.35. The van der Waals surface area contributed by atoms with Crippen LogP contribution < -0.4 is 11.1 Å². The lowest BCUT2D eigenvalue weighted by Gasteiger charge is -2.33. The summed E-state index contributed by atoms with van der Waals surface area (Å²) < 4.78 is 0. The molecule has 1 saturated carbocycles. The Hall–Kier alpha value is -0.610. The van der Waals surface area contributed by atoms with Crippen molar-refractivity contribution in [2.24, 2.45) is 5.73 Å². The minimum absolute atomic E-state index is 0.140. The van der Waals surface area contributed by atoms with E-state index in [1.807, 2.05) is 0 Å². The van der Waals surface area contributed by atoms with Crippen LogP contribution in [-0.2, 0) is 4.79 Å². The molecule has 0 spiro atoms. The first kappa shape index (κ1) is 14.8. The number of nitrogens with two attached hydrogens (primary N) is 1. The van der Waals surface area contributed by atoms with Crippen molar-refractivity contribution in [1.82, 2.24) is 10.2 Å². The molecule has 0 radical (unpaired) electrons. The van der Waals surface area contributed by atoms with E-state index in [4.69, 9.17) is 5.73 Å². The van der Waals surface area contributed by atoms with E-state index in [1.165, 1.54) is 51.6 Å². The lowest BCUT2D eigenvalue weighted by atomic mass is 9.80. The van der Waals surface area contributed by atoms with Gasteiger partial charge < -0.3 is 16.0 Å². The maximum atomic E-state index is 11.9. The second-order valence-corrected chi connectivity index (χ2v) is 6.35. The molecule has 110 valence electrons. The topological polar surface area (TPSA) is 58.4 Å². The summed E-state index contributed by atoms with van der Waals surface area (Å²) in [5.41, 5.74) is 6.07. The number of hydrogen-bond donors (Lipinski definition) is 2. The molecule has 0 aromatic heterocycles. The molecule has 0 bridgehead atoms. The predicted molar refractivity (Wildman–Crippen MR) is 77.9 cm³/mol. The molecule has 1 saturated heterocycles. The first-order chi connectivity index (χ1) is 9.18. The van der Waals surface area contributed by atoms with Gasteiger partial charge in [0.15, 0.2) is 0 Å². The van der Waals surface area contributed by atoms with Gasteiger partial charge in [-0.25, -0.2) is 0 Å². The van der Waals surface area contributed by atoms with Crippen molar-refractivity contribution < 1.29 is 4.79 Å². The number of nitrogens with zero attached hydrogens (tertiary/aromatic N) is 1. The van der Waals surface area contributed by atoms with Gasteiger partial charge in [-0.15, -0.1) is 0 Å². The maximum absolute atomic E-state index is 11.9. The van der Waals surface area contributed by atoms with E-state index in [0.29, 0.717) is 6.42 Å². The Bertz CT molecular complexity index is 281. The Morgan fingerprint density at radius 3 is 2.37 bits per heavy atom. The second kappa shape index (κ2) is 7.25. The molecule has 19 heavy (non-hydrogen) atoms. The number of rotatable bonds is 5.